The molecule has 3 rings (SSSR count). The highest BCUT2D eigenvalue weighted by molar-refractivity contribution is 5.88. The molecule has 0 N–H and O–H groups in total. The first kappa shape index (κ1) is 11.8. The summed E-state index contributed by atoms with van der Waals surface area (Å²) in [6.07, 6.45) is 1.40. The number of hydrogen-bond donors (Lipinski definition) is 0. The van der Waals surface area contributed by atoms with Crippen molar-refractivity contribution in [3.63, 3.8) is 0 Å². The summed E-state index contributed by atoms with van der Waals surface area (Å²) < 4.78 is 12.6. The number of pyridine rings is 1. The molecular weight excluding hydrogens is 246 g/mol. The summed E-state index contributed by atoms with van der Waals surface area (Å²) in [7, 11) is 1.64. The maximum atomic E-state index is 11.9. The van der Waals surface area contributed by atoms with E-state index >= 15 is 0 Å². The Morgan fingerprint density at radius 2 is 1.84 bits per heavy atom. The SMILES string of the molecule is Cn1c(=O)c(C=O)cc2cc3c(cc21)OCCCO3. The molecule has 0 saturated heterocycles. The lowest BCUT2D eigenvalue weighted by Gasteiger charge is -2.11. The molecule has 0 atom stereocenters. The Bertz CT molecular complexity index is 717. The molecule has 0 fully saturated rings. The molecule has 0 spiro atoms. The Labute approximate surface area is 109 Å². The molecule has 1 aliphatic rings. The fraction of sp³-hybridized carbons (Fsp3) is 0.286. The van der Waals surface area contributed by atoms with Crippen molar-refractivity contribution in [2.75, 3.05) is 13.2 Å². The van der Waals surface area contributed by atoms with Crippen LogP contribution in [0.1, 0.15) is 16.8 Å². The summed E-state index contributed by atoms with van der Waals surface area (Å²) in [5.74, 6) is 1.29. The van der Waals surface area contributed by atoms with E-state index in [-0.39, 0.29) is 11.1 Å². The largest absolute Gasteiger partial charge is 0.490 e. The number of nitrogens with zero attached hydrogens (tertiary/aromatic N) is 1. The summed E-state index contributed by atoms with van der Waals surface area (Å²) >= 11 is 0. The topological polar surface area (TPSA) is 57.5 Å². The van der Waals surface area contributed by atoms with Gasteiger partial charge in [-0.05, 0) is 12.1 Å². The van der Waals surface area contributed by atoms with E-state index in [2.05, 4.69) is 0 Å². The van der Waals surface area contributed by atoms with Crippen molar-refractivity contribution in [3.8, 4) is 11.5 Å². The van der Waals surface area contributed by atoms with Crippen LogP contribution in [-0.4, -0.2) is 24.1 Å². The van der Waals surface area contributed by atoms with Crippen molar-refractivity contribution in [3.05, 3.63) is 34.1 Å². The van der Waals surface area contributed by atoms with Crippen molar-refractivity contribution >= 4 is 17.2 Å². The molecule has 0 saturated carbocycles. The third-order valence-electron chi connectivity index (χ3n) is 3.25. The van der Waals surface area contributed by atoms with Crippen LogP contribution in [0.15, 0.2) is 23.0 Å². The van der Waals surface area contributed by atoms with E-state index < -0.39 is 0 Å². The van der Waals surface area contributed by atoms with Gasteiger partial charge in [0.15, 0.2) is 17.8 Å². The van der Waals surface area contributed by atoms with Crippen LogP contribution >= 0.6 is 0 Å². The number of carbonyl (C=O) groups excluding carboxylic acids is 1. The molecule has 5 nitrogen and oxygen atoms in total. The van der Waals surface area contributed by atoms with Crippen molar-refractivity contribution in [2.45, 2.75) is 6.42 Å². The second kappa shape index (κ2) is 4.42. The first-order valence-electron chi connectivity index (χ1n) is 6.09. The van der Waals surface area contributed by atoms with Crippen molar-refractivity contribution in [1.29, 1.82) is 0 Å². The number of ether oxygens (including phenoxy) is 2. The van der Waals surface area contributed by atoms with E-state index in [4.69, 9.17) is 9.47 Å². The summed E-state index contributed by atoms with van der Waals surface area (Å²) in [5, 5.41) is 0.786. The standard InChI is InChI=1S/C14H13NO4/c1-15-11-7-13-12(18-3-2-4-19-13)6-9(11)5-10(8-16)14(15)17/h5-8H,2-4H2,1H3. The quantitative estimate of drug-likeness (QED) is 0.728. The molecule has 98 valence electrons. The Morgan fingerprint density at radius 3 is 2.53 bits per heavy atom. The number of carbonyl (C=O) groups is 1. The third kappa shape index (κ3) is 1.87. The van der Waals surface area contributed by atoms with Gasteiger partial charge in [-0.25, -0.2) is 0 Å². The van der Waals surface area contributed by atoms with E-state index in [1.54, 1.807) is 19.2 Å². The van der Waals surface area contributed by atoms with Gasteiger partial charge < -0.3 is 14.0 Å². The fourth-order valence-electron chi connectivity index (χ4n) is 2.24. The predicted molar refractivity (Wildman–Crippen MR) is 70.2 cm³/mol. The molecule has 0 amide bonds. The van der Waals surface area contributed by atoms with Gasteiger partial charge in [0.25, 0.3) is 5.56 Å². The zero-order valence-corrected chi connectivity index (χ0v) is 10.5. The number of aromatic nitrogens is 1. The number of hydrogen-bond acceptors (Lipinski definition) is 4. The third-order valence-corrected chi connectivity index (χ3v) is 3.25. The monoisotopic (exact) mass is 259 g/mol. The second-order valence-electron chi connectivity index (χ2n) is 4.49. The first-order chi connectivity index (χ1) is 9.20. The highest BCUT2D eigenvalue weighted by Gasteiger charge is 2.14. The Hall–Kier alpha value is -2.30. The number of aldehydes is 1. The average molecular weight is 259 g/mol. The molecule has 1 aromatic carbocycles. The number of benzene rings is 1. The molecule has 1 aromatic heterocycles. The maximum Gasteiger partial charge on any atom is 0.261 e. The van der Waals surface area contributed by atoms with E-state index in [1.165, 1.54) is 4.57 Å². The minimum atomic E-state index is -0.308. The van der Waals surface area contributed by atoms with Gasteiger partial charge in [0.1, 0.15) is 0 Å². The van der Waals surface area contributed by atoms with Gasteiger partial charge in [0.05, 0.1) is 24.3 Å². The summed E-state index contributed by atoms with van der Waals surface area (Å²) in [5.41, 5.74) is 0.557. The van der Waals surface area contributed by atoms with Gasteiger partial charge in [-0.1, -0.05) is 0 Å². The van der Waals surface area contributed by atoms with E-state index in [1.807, 2.05) is 6.07 Å². The Balaban J connectivity index is 2.32. The van der Waals surface area contributed by atoms with E-state index in [0.29, 0.717) is 31.0 Å². The fourth-order valence-corrected chi connectivity index (χ4v) is 2.24. The molecule has 0 aliphatic carbocycles. The van der Waals surface area contributed by atoms with Crippen molar-refractivity contribution in [2.24, 2.45) is 7.05 Å². The van der Waals surface area contributed by atoms with Gasteiger partial charge in [-0.2, -0.15) is 0 Å². The molecule has 2 aromatic rings. The summed E-state index contributed by atoms with van der Waals surface area (Å²) in [6.45, 7) is 1.20. The lowest BCUT2D eigenvalue weighted by molar-refractivity contribution is 0.112. The van der Waals surface area contributed by atoms with Crippen LogP contribution in [0.3, 0.4) is 0 Å². The molecule has 0 radical (unpaired) electrons. The molecule has 19 heavy (non-hydrogen) atoms. The molecule has 0 unspecified atom stereocenters. The van der Waals surface area contributed by atoms with Gasteiger partial charge in [-0.3, -0.25) is 9.59 Å². The molecule has 5 heteroatoms. The summed E-state index contributed by atoms with van der Waals surface area (Å²) in [6, 6.07) is 5.17. The Morgan fingerprint density at radius 1 is 1.16 bits per heavy atom. The van der Waals surface area contributed by atoms with E-state index in [9.17, 15) is 9.59 Å². The van der Waals surface area contributed by atoms with Gasteiger partial charge in [-0.15, -0.1) is 0 Å². The zero-order chi connectivity index (χ0) is 13.4. The van der Waals surface area contributed by atoms with Crippen LogP contribution in [0.2, 0.25) is 0 Å². The van der Waals surface area contributed by atoms with Crippen LogP contribution in [0.5, 0.6) is 11.5 Å². The molecule has 0 bridgehead atoms. The van der Waals surface area contributed by atoms with Crippen LogP contribution in [0.25, 0.3) is 10.9 Å². The first-order valence-corrected chi connectivity index (χ1v) is 6.09. The molecule has 1 aliphatic heterocycles. The van der Waals surface area contributed by atoms with Gasteiger partial charge in [0.2, 0.25) is 0 Å². The minimum Gasteiger partial charge on any atom is -0.490 e. The normalized spacial score (nSPS) is 14.2. The highest BCUT2D eigenvalue weighted by atomic mass is 16.5. The minimum absolute atomic E-state index is 0.143. The van der Waals surface area contributed by atoms with Crippen LogP contribution < -0.4 is 15.0 Å². The Kier molecular flexibility index (Phi) is 2.74. The van der Waals surface area contributed by atoms with Gasteiger partial charge in [0, 0.05) is 24.9 Å². The van der Waals surface area contributed by atoms with Crippen LogP contribution in [0, 0.1) is 0 Å². The highest BCUT2D eigenvalue weighted by Crippen LogP contribution is 2.33. The summed E-state index contributed by atoms with van der Waals surface area (Å²) in [4.78, 5) is 22.8. The zero-order valence-electron chi connectivity index (χ0n) is 10.5. The van der Waals surface area contributed by atoms with Crippen molar-refractivity contribution < 1.29 is 14.3 Å². The molecular formula is C14H13NO4. The maximum absolute atomic E-state index is 11.9. The van der Waals surface area contributed by atoms with Crippen LogP contribution in [0.4, 0.5) is 0 Å². The number of aryl methyl sites for hydroxylation is 1. The van der Waals surface area contributed by atoms with Crippen molar-refractivity contribution in [1.82, 2.24) is 4.57 Å². The average Bonchev–Trinajstić information content (AvgIpc) is 2.65. The van der Waals surface area contributed by atoms with Gasteiger partial charge >= 0.3 is 0 Å². The predicted octanol–water partition coefficient (Wildman–Crippen LogP) is 1.51. The smallest absolute Gasteiger partial charge is 0.261 e. The second-order valence-corrected chi connectivity index (χ2v) is 4.49. The molecule has 2 heterocycles. The van der Waals surface area contributed by atoms with E-state index in [0.717, 1.165) is 17.3 Å². The number of rotatable bonds is 1. The lowest BCUT2D eigenvalue weighted by atomic mass is 10.1. The number of fused-ring (bicyclic) bond motifs is 2. The lowest BCUT2D eigenvalue weighted by Crippen LogP contribution is -2.20. The van der Waals surface area contributed by atoms with Crippen LogP contribution in [-0.2, 0) is 7.05 Å².